The molecule has 0 aliphatic carbocycles. The molecule has 3 rings (SSSR count). The zero-order chi connectivity index (χ0) is 17.7. The summed E-state index contributed by atoms with van der Waals surface area (Å²) in [6.45, 7) is 0. The second-order valence-electron chi connectivity index (χ2n) is 5.20. The summed E-state index contributed by atoms with van der Waals surface area (Å²) in [6.07, 6.45) is 0. The molecule has 0 saturated carbocycles. The van der Waals surface area contributed by atoms with Gasteiger partial charge < -0.3 is 9.05 Å². The molecule has 0 saturated heterocycles. The van der Waals surface area contributed by atoms with Crippen LogP contribution in [0.2, 0.25) is 0 Å². The number of hydrogen-bond acceptors (Lipinski definition) is 4. The Morgan fingerprint density at radius 3 is 1.88 bits per heavy atom. The Morgan fingerprint density at radius 1 is 0.760 bits per heavy atom. The average Bonchev–Trinajstić information content (AvgIpc) is 2.62. The number of hydrogen-bond donors (Lipinski definition) is 1. The van der Waals surface area contributed by atoms with Crippen molar-refractivity contribution in [2.75, 3.05) is 0 Å². The van der Waals surface area contributed by atoms with Crippen LogP contribution in [0.5, 0.6) is 5.75 Å². The largest absolute Gasteiger partial charge is 0.587 e. The van der Waals surface area contributed by atoms with Crippen molar-refractivity contribution in [3.05, 3.63) is 90.5 Å². The molecule has 126 valence electrons. The van der Waals surface area contributed by atoms with Gasteiger partial charge in [0.1, 0.15) is 5.75 Å². The van der Waals surface area contributed by atoms with E-state index in [0.29, 0.717) is 0 Å². The Hall–Kier alpha value is -2.88. The van der Waals surface area contributed by atoms with Crippen LogP contribution < -0.4 is 4.52 Å². The topological polar surface area (TPSA) is 72.8 Å². The zero-order valence-corrected chi connectivity index (χ0v) is 14.0. The molecular formula is C19H15O5P. The summed E-state index contributed by atoms with van der Waals surface area (Å²) in [4.78, 5) is 21.8. The van der Waals surface area contributed by atoms with Gasteiger partial charge in [-0.15, -0.1) is 0 Å². The summed E-state index contributed by atoms with van der Waals surface area (Å²) < 4.78 is 21.4. The van der Waals surface area contributed by atoms with E-state index in [2.05, 4.69) is 4.52 Å². The molecule has 0 bridgehead atoms. The first-order chi connectivity index (χ1) is 12.0. The maximum Gasteiger partial charge on any atom is 0.587 e. The molecule has 0 fully saturated rings. The normalized spacial score (nSPS) is 12.8. The van der Waals surface area contributed by atoms with Gasteiger partial charge in [-0.2, -0.15) is 0 Å². The van der Waals surface area contributed by atoms with Crippen LogP contribution in [0.1, 0.15) is 10.4 Å². The standard InChI is InChI=1S/C19H15O5P/c20-19(24-25(21,22)23-18-9-5-2-6-10-18)17-13-11-16(12-14-17)15-7-3-1-4-8-15/h1-14H,(H,21,22). The summed E-state index contributed by atoms with van der Waals surface area (Å²) in [5, 5.41) is 0. The summed E-state index contributed by atoms with van der Waals surface area (Å²) in [5.74, 6) is -0.790. The first-order valence-corrected chi connectivity index (χ1v) is 9.00. The Balaban J connectivity index is 1.69. The molecule has 0 heterocycles. The van der Waals surface area contributed by atoms with Crippen LogP contribution in [0.15, 0.2) is 84.9 Å². The molecule has 3 aromatic rings. The SMILES string of the molecule is O=C(OP(=O)(O)Oc1ccccc1)c1ccc(-c2ccccc2)cc1. The Kier molecular flexibility index (Phi) is 4.98. The fourth-order valence-electron chi connectivity index (χ4n) is 2.22. The van der Waals surface area contributed by atoms with Gasteiger partial charge in [0, 0.05) is 0 Å². The van der Waals surface area contributed by atoms with Gasteiger partial charge in [0.05, 0.1) is 5.56 Å². The lowest BCUT2D eigenvalue weighted by atomic mass is 10.0. The first-order valence-electron chi connectivity index (χ1n) is 7.50. The highest BCUT2D eigenvalue weighted by Crippen LogP contribution is 2.44. The number of phosphoric acid groups is 1. The Bertz CT molecular complexity index is 892. The molecule has 6 heteroatoms. The number of rotatable bonds is 5. The maximum absolute atomic E-state index is 12.1. The van der Waals surface area contributed by atoms with E-state index in [1.54, 1.807) is 30.3 Å². The Morgan fingerprint density at radius 2 is 1.28 bits per heavy atom. The van der Waals surface area contributed by atoms with E-state index in [1.165, 1.54) is 24.3 Å². The van der Waals surface area contributed by atoms with Crippen LogP contribution in [0, 0.1) is 0 Å². The maximum atomic E-state index is 12.1. The monoisotopic (exact) mass is 354 g/mol. The van der Waals surface area contributed by atoms with Crippen molar-refractivity contribution in [2.45, 2.75) is 0 Å². The van der Waals surface area contributed by atoms with Crippen LogP contribution in [0.25, 0.3) is 11.1 Å². The van der Waals surface area contributed by atoms with E-state index in [4.69, 9.17) is 4.52 Å². The molecule has 1 N–H and O–H groups in total. The Labute approximate surface area is 145 Å². The summed E-state index contributed by atoms with van der Waals surface area (Å²) >= 11 is 0. The van der Waals surface area contributed by atoms with Crippen molar-refractivity contribution in [3.8, 4) is 16.9 Å². The van der Waals surface area contributed by atoms with Crippen LogP contribution in [-0.2, 0) is 9.09 Å². The second-order valence-corrected chi connectivity index (χ2v) is 6.50. The number of benzene rings is 3. The highest BCUT2D eigenvalue weighted by molar-refractivity contribution is 7.48. The van der Waals surface area contributed by atoms with Gasteiger partial charge in [0.2, 0.25) is 0 Å². The predicted octanol–water partition coefficient (Wildman–Crippen LogP) is 4.69. The van der Waals surface area contributed by atoms with Gasteiger partial charge in [-0.3, -0.25) is 4.89 Å². The summed E-state index contributed by atoms with van der Waals surface area (Å²) in [6, 6.07) is 24.2. The third kappa shape index (κ3) is 4.57. The van der Waals surface area contributed by atoms with Crippen LogP contribution in [0.4, 0.5) is 0 Å². The minimum Gasteiger partial charge on any atom is -0.395 e. The van der Waals surface area contributed by atoms with Gasteiger partial charge >= 0.3 is 13.8 Å². The van der Waals surface area contributed by atoms with Crippen molar-refractivity contribution >= 4 is 13.8 Å². The lowest BCUT2D eigenvalue weighted by Crippen LogP contribution is -2.06. The van der Waals surface area contributed by atoms with E-state index in [1.807, 2.05) is 30.3 Å². The zero-order valence-electron chi connectivity index (χ0n) is 13.1. The molecular weight excluding hydrogens is 339 g/mol. The highest BCUT2D eigenvalue weighted by Gasteiger charge is 2.28. The predicted molar refractivity (Wildman–Crippen MR) is 94.2 cm³/mol. The second kappa shape index (κ2) is 7.34. The van der Waals surface area contributed by atoms with Gasteiger partial charge in [-0.1, -0.05) is 60.7 Å². The quantitative estimate of drug-likeness (QED) is 0.673. The van der Waals surface area contributed by atoms with E-state index in [0.717, 1.165) is 11.1 Å². The van der Waals surface area contributed by atoms with Crippen molar-refractivity contribution in [2.24, 2.45) is 0 Å². The third-order valence-corrected chi connectivity index (χ3v) is 4.23. The lowest BCUT2D eigenvalue weighted by Gasteiger charge is -2.12. The highest BCUT2D eigenvalue weighted by atomic mass is 31.2. The molecule has 0 radical (unpaired) electrons. The van der Waals surface area contributed by atoms with Gasteiger partial charge in [0.25, 0.3) is 0 Å². The molecule has 1 atom stereocenters. The number of carbonyl (C=O) groups excluding carboxylic acids is 1. The minimum atomic E-state index is -4.56. The molecule has 1 unspecified atom stereocenters. The van der Waals surface area contributed by atoms with E-state index < -0.39 is 13.8 Å². The van der Waals surface area contributed by atoms with Crippen LogP contribution >= 0.6 is 7.82 Å². The van der Waals surface area contributed by atoms with Gasteiger partial charge in [-0.25, -0.2) is 9.36 Å². The molecule has 5 nitrogen and oxygen atoms in total. The molecule has 0 aliphatic rings. The van der Waals surface area contributed by atoms with E-state index >= 15 is 0 Å². The molecule has 3 aromatic carbocycles. The number of carbonyl (C=O) groups is 1. The smallest absolute Gasteiger partial charge is 0.395 e. The van der Waals surface area contributed by atoms with Crippen molar-refractivity contribution in [1.29, 1.82) is 0 Å². The fraction of sp³-hybridized carbons (Fsp3) is 0. The summed E-state index contributed by atoms with van der Waals surface area (Å²) in [5.41, 5.74) is 2.08. The van der Waals surface area contributed by atoms with Crippen molar-refractivity contribution in [3.63, 3.8) is 0 Å². The lowest BCUT2D eigenvalue weighted by molar-refractivity contribution is 0.0683. The van der Waals surface area contributed by atoms with E-state index in [9.17, 15) is 14.3 Å². The fourth-order valence-corrected chi connectivity index (χ4v) is 2.96. The number of para-hydroxylation sites is 1. The molecule has 0 amide bonds. The van der Waals surface area contributed by atoms with Gasteiger partial charge in [0.15, 0.2) is 0 Å². The van der Waals surface area contributed by atoms with Crippen molar-refractivity contribution < 1.29 is 23.3 Å². The molecule has 0 aliphatic heterocycles. The average molecular weight is 354 g/mol. The number of phosphoric ester groups is 1. The van der Waals surface area contributed by atoms with Crippen LogP contribution in [-0.4, -0.2) is 10.9 Å². The van der Waals surface area contributed by atoms with Gasteiger partial charge in [-0.05, 0) is 35.4 Å². The molecule has 25 heavy (non-hydrogen) atoms. The third-order valence-electron chi connectivity index (χ3n) is 3.39. The first kappa shape index (κ1) is 17.0. The minimum absolute atomic E-state index is 0.139. The van der Waals surface area contributed by atoms with E-state index in [-0.39, 0.29) is 11.3 Å². The van der Waals surface area contributed by atoms with Crippen LogP contribution in [0.3, 0.4) is 0 Å². The molecule has 0 aromatic heterocycles. The summed E-state index contributed by atoms with van der Waals surface area (Å²) in [7, 11) is -4.56. The van der Waals surface area contributed by atoms with Crippen molar-refractivity contribution in [1.82, 2.24) is 0 Å². The molecule has 0 spiro atoms.